The second kappa shape index (κ2) is 16.6. The number of ether oxygens (including phenoxy) is 3. The lowest BCUT2D eigenvalue weighted by Crippen LogP contribution is -2.47. The first-order valence-electron chi connectivity index (χ1n) is 16.7. The molecule has 2 heterocycles. The molecule has 262 valence electrons. The Kier molecular flexibility index (Phi) is 11.6. The summed E-state index contributed by atoms with van der Waals surface area (Å²) in [6, 6.07) is 26.1. The largest absolute Gasteiger partial charge is 0.489 e. The van der Waals surface area contributed by atoms with E-state index in [1.165, 1.54) is 35.9 Å². The van der Waals surface area contributed by atoms with Gasteiger partial charge in [-0.15, -0.1) is 0 Å². The summed E-state index contributed by atoms with van der Waals surface area (Å²) in [6.45, 7) is 7.31. The van der Waals surface area contributed by atoms with Crippen molar-refractivity contribution in [2.24, 2.45) is 0 Å². The summed E-state index contributed by atoms with van der Waals surface area (Å²) in [7, 11) is 0. The van der Waals surface area contributed by atoms with Crippen molar-refractivity contribution in [1.82, 2.24) is 14.8 Å². The van der Waals surface area contributed by atoms with Crippen molar-refractivity contribution < 1.29 is 27.8 Å². The number of benzene rings is 4. The number of amides is 1. The normalized spacial score (nSPS) is 13.4. The molecule has 0 atom stereocenters. The first-order valence-corrected chi connectivity index (χ1v) is 17.0. The summed E-state index contributed by atoms with van der Waals surface area (Å²) < 4.78 is 45.5. The van der Waals surface area contributed by atoms with E-state index in [0.717, 1.165) is 16.7 Å². The van der Waals surface area contributed by atoms with Gasteiger partial charge in [0.05, 0.1) is 11.2 Å². The summed E-state index contributed by atoms with van der Waals surface area (Å²) in [4.78, 5) is 21.3. The number of carbonyl (C=O) groups excluding carboxylic acids is 1. The van der Waals surface area contributed by atoms with Crippen molar-refractivity contribution >= 4 is 23.6 Å². The quantitative estimate of drug-likeness (QED) is 0.121. The van der Waals surface area contributed by atoms with Crippen LogP contribution in [0.5, 0.6) is 23.1 Å². The molecule has 1 aromatic heterocycles. The molecular formula is C41H38ClF2N3O4. The molecule has 6 rings (SSSR count). The van der Waals surface area contributed by atoms with Crippen molar-refractivity contribution in [2.45, 2.75) is 33.6 Å². The fourth-order valence-corrected chi connectivity index (χ4v) is 5.91. The molecule has 7 nitrogen and oxygen atoms in total. The van der Waals surface area contributed by atoms with Gasteiger partial charge in [-0.1, -0.05) is 53.6 Å². The third kappa shape index (κ3) is 9.93. The van der Waals surface area contributed by atoms with E-state index < -0.39 is 0 Å². The molecule has 1 aliphatic heterocycles. The molecule has 10 heteroatoms. The highest BCUT2D eigenvalue weighted by atomic mass is 35.5. The summed E-state index contributed by atoms with van der Waals surface area (Å²) in [6.07, 6.45) is 4.90. The van der Waals surface area contributed by atoms with Gasteiger partial charge in [0.25, 0.3) is 0 Å². The highest BCUT2D eigenvalue weighted by Crippen LogP contribution is 2.34. The standard InChI is InChI=1S/C41H38ClF2N3O4/c1-28-3-5-30(6-4-28)26-50-36-14-15-39(45-24-36)51-41-29(2)21-31(22-37(41)42)8-16-40(48)47-19-17-46(18-20-47)25-33-9-7-32(23-38(33)44)27-49-35-12-10-34(43)11-13-35/h3-16,21-24H,17-20,25-27H2,1-2H3. The summed E-state index contributed by atoms with van der Waals surface area (Å²) in [5, 5.41) is 0.401. The Bertz CT molecular complexity index is 1960. The number of rotatable bonds is 12. The van der Waals surface area contributed by atoms with E-state index in [1.54, 1.807) is 47.5 Å². The van der Waals surface area contributed by atoms with Crippen LogP contribution in [0.1, 0.15) is 33.4 Å². The minimum atomic E-state index is -0.342. The van der Waals surface area contributed by atoms with Crippen LogP contribution in [-0.4, -0.2) is 46.9 Å². The van der Waals surface area contributed by atoms with Crippen LogP contribution >= 0.6 is 11.6 Å². The van der Waals surface area contributed by atoms with E-state index in [0.29, 0.717) is 78.6 Å². The fourth-order valence-electron chi connectivity index (χ4n) is 5.60. The number of pyridine rings is 1. The molecule has 5 aromatic rings. The first kappa shape index (κ1) is 35.6. The van der Waals surface area contributed by atoms with Crippen LogP contribution in [0.15, 0.2) is 103 Å². The van der Waals surface area contributed by atoms with E-state index in [-0.39, 0.29) is 24.1 Å². The number of aromatic nitrogens is 1. The highest BCUT2D eigenvalue weighted by Gasteiger charge is 2.21. The maximum atomic E-state index is 14.9. The summed E-state index contributed by atoms with van der Waals surface area (Å²) in [5.41, 5.74) is 5.10. The van der Waals surface area contributed by atoms with Crippen molar-refractivity contribution in [2.75, 3.05) is 26.2 Å². The first-order chi connectivity index (χ1) is 24.7. The van der Waals surface area contributed by atoms with Gasteiger partial charge >= 0.3 is 0 Å². The molecule has 0 aliphatic carbocycles. The SMILES string of the molecule is Cc1ccc(COc2ccc(Oc3c(C)cc(C=CC(=O)N4CCN(Cc5ccc(COc6ccc(F)cc6)cc5F)CC4)cc3Cl)nc2)cc1. The van der Waals surface area contributed by atoms with E-state index in [4.69, 9.17) is 25.8 Å². The van der Waals surface area contributed by atoms with Crippen LogP contribution in [-0.2, 0) is 24.6 Å². The number of hydrogen-bond donors (Lipinski definition) is 0. The van der Waals surface area contributed by atoms with Crippen LogP contribution in [0.2, 0.25) is 5.02 Å². The highest BCUT2D eigenvalue weighted by molar-refractivity contribution is 6.32. The van der Waals surface area contributed by atoms with Gasteiger partial charge < -0.3 is 19.1 Å². The second-order valence-corrected chi connectivity index (χ2v) is 12.9. The molecule has 0 N–H and O–H groups in total. The van der Waals surface area contributed by atoms with Gasteiger partial charge in [-0.05, 0) is 90.7 Å². The average Bonchev–Trinajstić information content (AvgIpc) is 3.13. The molecule has 1 aliphatic rings. The Morgan fingerprint density at radius 1 is 0.824 bits per heavy atom. The lowest BCUT2D eigenvalue weighted by Gasteiger charge is -2.34. The zero-order chi connectivity index (χ0) is 35.7. The number of halogens is 3. The van der Waals surface area contributed by atoms with Crippen LogP contribution in [0.25, 0.3) is 6.08 Å². The van der Waals surface area contributed by atoms with Crippen LogP contribution < -0.4 is 14.2 Å². The predicted octanol–water partition coefficient (Wildman–Crippen LogP) is 8.94. The van der Waals surface area contributed by atoms with Crippen molar-refractivity contribution in [3.05, 3.63) is 153 Å². The van der Waals surface area contributed by atoms with E-state index in [2.05, 4.69) is 9.88 Å². The van der Waals surface area contributed by atoms with Crippen LogP contribution in [0, 0.1) is 25.5 Å². The maximum absolute atomic E-state index is 14.9. The van der Waals surface area contributed by atoms with Gasteiger partial charge in [0.15, 0.2) is 5.75 Å². The van der Waals surface area contributed by atoms with Gasteiger partial charge in [0.1, 0.15) is 36.3 Å². The minimum Gasteiger partial charge on any atom is -0.489 e. The molecule has 4 aromatic carbocycles. The topological polar surface area (TPSA) is 64.1 Å². The Hall–Kier alpha value is -5.25. The smallest absolute Gasteiger partial charge is 0.246 e. The second-order valence-electron chi connectivity index (χ2n) is 12.5. The Morgan fingerprint density at radius 3 is 2.20 bits per heavy atom. The third-order valence-corrected chi connectivity index (χ3v) is 8.81. The summed E-state index contributed by atoms with van der Waals surface area (Å²) in [5.74, 6) is 1.26. The molecule has 51 heavy (non-hydrogen) atoms. The fraction of sp³-hybridized carbons (Fsp3) is 0.220. The molecule has 1 saturated heterocycles. The maximum Gasteiger partial charge on any atom is 0.246 e. The molecule has 0 spiro atoms. The van der Waals surface area contributed by atoms with Crippen molar-refractivity contribution in [1.29, 1.82) is 0 Å². The van der Waals surface area contributed by atoms with E-state index in [1.807, 2.05) is 50.2 Å². The molecule has 0 saturated carbocycles. The number of piperazine rings is 1. The summed E-state index contributed by atoms with van der Waals surface area (Å²) >= 11 is 6.60. The number of carbonyl (C=O) groups is 1. The van der Waals surface area contributed by atoms with E-state index in [9.17, 15) is 13.6 Å². The minimum absolute atomic E-state index is 0.102. The predicted molar refractivity (Wildman–Crippen MR) is 194 cm³/mol. The monoisotopic (exact) mass is 709 g/mol. The van der Waals surface area contributed by atoms with Crippen molar-refractivity contribution in [3.63, 3.8) is 0 Å². The van der Waals surface area contributed by atoms with Gasteiger partial charge in [-0.25, -0.2) is 13.8 Å². The average molecular weight is 710 g/mol. The molecule has 0 radical (unpaired) electrons. The molecule has 0 bridgehead atoms. The molecule has 1 fully saturated rings. The number of aryl methyl sites for hydroxylation is 2. The number of hydrogen-bond acceptors (Lipinski definition) is 6. The molecule has 0 unspecified atom stereocenters. The van der Waals surface area contributed by atoms with Crippen LogP contribution in [0.4, 0.5) is 8.78 Å². The van der Waals surface area contributed by atoms with Gasteiger partial charge in [0, 0.05) is 50.4 Å². The van der Waals surface area contributed by atoms with Gasteiger partial charge in [-0.3, -0.25) is 9.69 Å². The van der Waals surface area contributed by atoms with Gasteiger partial charge in [0.2, 0.25) is 11.8 Å². The Balaban J connectivity index is 0.959. The number of nitrogens with zero attached hydrogens (tertiary/aromatic N) is 3. The Labute approximate surface area is 301 Å². The van der Waals surface area contributed by atoms with Gasteiger partial charge in [-0.2, -0.15) is 0 Å². The third-order valence-electron chi connectivity index (χ3n) is 8.53. The lowest BCUT2D eigenvalue weighted by atomic mass is 10.1. The van der Waals surface area contributed by atoms with Crippen molar-refractivity contribution in [3.8, 4) is 23.1 Å². The van der Waals surface area contributed by atoms with E-state index >= 15 is 0 Å². The molecular weight excluding hydrogens is 672 g/mol. The lowest BCUT2D eigenvalue weighted by molar-refractivity contribution is -0.127. The zero-order valence-corrected chi connectivity index (χ0v) is 29.2. The zero-order valence-electron chi connectivity index (χ0n) is 28.5. The van der Waals surface area contributed by atoms with Crippen LogP contribution in [0.3, 0.4) is 0 Å². The Morgan fingerprint density at radius 2 is 1.51 bits per heavy atom. The molecule has 1 amide bonds.